The Balaban J connectivity index is 0.00000128. The minimum Gasteiger partial charge on any atom is -0.389 e. The second-order valence-electron chi connectivity index (χ2n) is 4.39. The van der Waals surface area contributed by atoms with Crippen molar-refractivity contribution in [3.05, 3.63) is 35.4 Å². The predicted molar refractivity (Wildman–Crippen MR) is 69.2 cm³/mol. The van der Waals surface area contributed by atoms with Crippen LogP contribution in [0.15, 0.2) is 24.3 Å². The third-order valence-electron chi connectivity index (χ3n) is 3.19. The zero-order chi connectivity index (χ0) is 10.7. The highest BCUT2D eigenvalue weighted by Crippen LogP contribution is 2.24. The van der Waals surface area contributed by atoms with Crippen LogP contribution in [0.5, 0.6) is 0 Å². The van der Waals surface area contributed by atoms with Gasteiger partial charge in [-0.1, -0.05) is 24.3 Å². The van der Waals surface area contributed by atoms with Crippen LogP contribution in [0, 0.1) is 0 Å². The molecule has 2 N–H and O–H groups in total. The van der Waals surface area contributed by atoms with E-state index < -0.39 is 0 Å². The molecule has 2 rings (SSSR count). The summed E-state index contributed by atoms with van der Waals surface area (Å²) in [5.74, 6) is 0.654. The first kappa shape index (κ1) is 13.5. The Hall–Kier alpha value is -0.570. The molecule has 1 saturated heterocycles. The Bertz CT molecular complexity index is 304. The van der Waals surface area contributed by atoms with Gasteiger partial charge in [0.15, 0.2) is 0 Å². The van der Waals surface area contributed by atoms with Gasteiger partial charge < -0.3 is 10.4 Å². The van der Waals surface area contributed by atoms with Crippen molar-refractivity contribution in [1.82, 2.24) is 5.32 Å². The summed E-state index contributed by atoms with van der Waals surface area (Å²) in [4.78, 5) is 0. The topological polar surface area (TPSA) is 32.3 Å². The van der Waals surface area contributed by atoms with E-state index in [1.165, 1.54) is 18.4 Å². The molecule has 2 unspecified atom stereocenters. The first-order valence-electron chi connectivity index (χ1n) is 5.76. The number of halogens is 1. The number of nitrogens with one attached hydrogen (secondary N) is 1. The van der Waals surface area contributed by atoms with Gasteiger partial charge in [-0.2, -0.15) is 0 Å². The lowest BCUT2D eigenvalue weighted by Crippen LogP contribution is -2.28. The first-order valence-corrected chi connectivity index (χ1v) is 5.76. The zero-order valence-corrected chi connectivity index (χ0v) is 10.5. The number of piperidine rings is 1. The van der Waals surface area contributed by atoms with Crippen LogP contribution >= 0.6 is 12.4 Å². The molecule has 0 saturated carbocycles. The average Bonchev–Trinajstić information content (AvgIpc) is 2.30. The van der Waals surface area contributed by atoms with Crippen LogP contribution in [0.4, 0.5) is 0 Å². The Labute approximate surface area is 103 Å². The zero-order valence-electron chi connectivity index (χ0n) is 9.65. The highest BCUT2D eigenvalue weighted by Gasteiger charge is 2.14. The molecule has 0 aliphatic carbocycles. The van der Waals surface area contributed by atoms with Crippen molar-refractivity contribution in [2.75, 3.05) is 13.1 Å². The molecule has 0 amide bonds. The molecule has 0 radical (unpaired) electrons. The highest BCUT2D eigenvalue weighted by molar-refractivity contribution is 5.85. The van der Waals surface area contributed by atoms with Crippen LogP contribution in [0.25, 0.3) is 0 Å². The fourth-order valence-corrected chi connectivity index (χ4v) is 2.18. The summed E-state index contributed by atoms with van der Waals surface area (Å²) in [7, 11) is 0. The van der Waals surface area contributed by atoms with Gasteiger partial charge in [0, 0.05) is 6.54 Å². The van der Waals surface area contributed by atoms with Gasteiger partial charge in [-0.05, 0) is 43.4 Å². The van der Waals surface area contributed by atoms with Crippen molar-refractivity contribution in [3.8, 4) is 0 Å². The molecule has 1 aliphatic rings. The van der Waals surface area contributed by atoms with Crippen LogP contribution in [-0.2, 0) is 0 Å². The van der Waals surface area contributed by atoms with Gasteiger partial charge in [0.05, 0.1) is 6.10 Å². The molecule has 1 aromatic rings. The first-order chi connectivity index (χ1) is 7.27. The fraction of sp³-hybridized carbons (Fsp3) is 0.538. The van der Waals surface area contributed by atoms with E-state index >= 15 is 0 Å². The third kappa shape index (κ3) is 3.21. The summed E-state index contributed by atoms with van der Waals surface area (Å²) in [6.07, 6.45) is 2.19. The van der Waals surface area contributed by atoms with Gasteiger partial charge in [-0.15, -0.1) is 12.4 Å². The molecular weight excluding hydrogens is 222 g/mol. The Morgan fingerprint density at radius 3 is 2.50 bits per heavy atom. The summed E-state index contributed by atoms with van der Waals surface area (Å²) < 4.78 is 0. The Morgan fingerprint density at radius 2 is 2.00 bits per heavy atom. The molecule has 90 valence electrons. The van der Waals surface area contributed by atoms with E-state index in [9.17, 15) is 5.11 Å². The van der Waals surface area contributed by atoms with Gasteiger partial charge in [0.2, 0.25) is 0 Å². The summed E-state index contributed by atoms with van der Waals surface area (Å²) >= 11 is 0. The number of aliphatic hydroxyl groups is 1. The lowest BCUT2D eigenvalue weighted by molar-refractivity contribution is 0.199. The van der Waals surface area contributed by atoms with E-state index in [1.807, 2.05) is 12.1 Å². The number of benzene rings is 1. The Kier molecular flexibility index (Phi) is 5.26. The van der Waals surface area contributed by atoms with Crippen LogP contribution in [0.3, 0.4) is 0 Å². The van der Waals surface area contributed by atoms with E-state index in [-0.39, 0.29) is 18.5 Å². The second-order valence-corrected chi connectivity index (χ2v) is 4.39. The largest absolute Gasteiger partial charge is 0.389 e. The van der Waals surface area contributed by atoms with Crippen LogP contribution < -0.4 is 5.32 Å². The Morgan fingerprint density at radius 1 is 1.31 bits per heavy atom. The maximum absolute atomic E-state index is 9.41. The lowest BCUT2D eigenvalue weighted by atomic mass is 9.91. The number of hydrogen-bond acceptors (Lipinski definition) is 2. The van der Waals surface area contributed by atoms with Crippen LogP contribution in [-0.4, -0.2) is 18.2 Å². The average molecular weight is 242 g/mol. The quantitative estimate of drug-likeness (QED) is 0.835. The molecule has 3 heteroatoms. The van der Waals surface area contributed by atoms with Crippen molar-refractivity contribution in [3.63, 3.8) is 0 Å². The molecule has 1 heterocycles. The van der Waals surface area contributed by atoms with Gasteiger partial charge >= 0.3 is 0 Å². The molecule has 16 heavy (non-hydrogen) atoms. The van der Waals surface area contributed by atoms with E-state index in [0.29, 0.717) is 5.92 Å². The third-order valence-corrected chi connectivity index (χ3v) is 3.19. The molecule has 0 aromatic heterocycles. The SMILES string of the molecule is CC(O)c1ccc(C2CCCNC2)cc1.Cl. The minimum atomic E-state index is -0.358. The smallest absolute Gasteiger partial charge is 0.0761 e. The van der Waals surface area contributed by atoms with Crippen LogP contribution in [0.2, 0.25) is 0 Å². The molecule has 2 nitrogen and oxygen atoms in total. The van der Waals surface area contributed by atoms with Crippen molar-refractivity contribution in [1.29, 1.82) is 0 Å². The van der Waals surface area contributed by atoms with Gasteiger partial charge in [0.25, 0.3) is 0 Å². The fourth-order valence-electron chi connectivity index (χ4n) is 2.18. The standard InChI is InChI=1S/C13H19NO.ClH/c1-10(15)11-4-6-12(7-5-11)13-3-2-8-14-9-13;/h4-7,10,13-15H,2-3,8-9H2,1H3;1H. The highest BCUT2D eigenvalue weighted by atomic mass is 35.5. The van der Waals surface area contributed by atoms with Crippen LogP contribution in [0.1, 0.15) is 42.9 Å². The van der Waals surface area contributed by atoms with E-state index in [1.54, 1.807) is 6.92 Å². The molecule has 1 aliphatic heterocycles. The number of hydrogen-bond donors (Lipinski definition) is 2. The molecule has 0 spiro atoms. The van der Waals surface area contributed by atoms with E-state index in [4.69, 9.17) is 0 Å². The summed E-state index contributed by atoms with van der Waals surface area (Å²) in [5, 5.41) is 12.8. The predicted octanol–water partition coefficient (Wildman–Crippen LogP) is 2.63. The van der Waals surface area contributed by atoms with Crippen molar-refractivity contribution in [2.24, 2.45) is 0 Å². The van der Waals surface area contributed by atoms with Crippen molar-refractivity contribution in [2.45, 2.75) is 31.8 Å². The monoisotopic (exact) mass is 241 g/mol. The van der Waals surface area contributed by atoms with Crippen molar-refractivity contribution < 1.29 is 5.11 Å². The maximum Gasteiger partial charge on any atom is 0.0761 e. The van der Waals surface area contributed by atoms with E-state index in [0.717, 1.165) is 18.7 Å². The van der Waals surface area contributed by atoms with Gasteiger partial charge in [-0.25, -0.2) is 0 Å². The lowest BCUT2D eigenvalue weighted by Gasteiger charge is -2.23. The normalized spacial score (nSPS) is 22.2. The second kappa shape index (κ2) is 6.24. The minimum absolute atomic E-state index is 0. The molecule has 1 aromatic carbocycles. The molecular formula is C13H20ClNO. The molecule has 0 bridgehead atoms. The molecule has 1 fully saturated rings. The maximum atomic E-state index is 9.41. The number of rotatable bonds is 2. The van der Waals surface area contributed by atoms with E-state index in [2.05, 4.69) is 17.4 Å². The summed E-state index contributed by atoms with van der Waals surface area (Å²) in [6.45, 7) is 4.05. The van der Waals surface area contributed by atoms with Crippen molar-refractivity contribution >= 4 is 12.4 Å². The number of aliphatic hydroxyl groups excluding tert-OH is 1. The summed E-state index contributed by atoms with van der Waals surface area (Å²) in [5.41, 5.74) is 2.40. The van der Waals surface area contributed by atoms with Gasteiger partial charge in [-0.3, -0.25) is 0 Å². The molecule has 2 atom stereocenters. The summed E-state index contributed by atoms with van der Waals surface area (Å²) in [6, 6.07) is 8.38. The van der Waals surface area contributed by atoms with Gasteiger partial charge in [0.1, 0.15) is 0 Å².